The molecule has 2 aliphatic heterocycles. The number of ether oxygens (including phenoxy) is 1. The maximum absolute atomic E-state index is 13.0. The first-order valence-corrected chi connectivity index (χ1v) is 12.6. The fourth-order valence-corrected chi connectivity index (χ4v) is 5.78. The highest BCUT2D eigenvalue weighted by atomic mass is 32.2. The van der Waals surface area contributed by atoms with Crippen molar-refractivity contribution < 1.29 is 32.3 Å². The number of hydrogen-bond donors (Lipinski definition) is 1. The number of imide groups is 1. The number of nitrogens with zero attached hydrogens (tertiary/aromatic N) is 2. The van der Waals surface area contributed by atoms with Crippen LogP contribution >= 0.6 is 0 Å². The standard InChI is InChI=1S/C24H25N3O7S/c1-34-24(31)16-5-4-13-26(15-16)35(32,33)18-10-8-17(9-11-18)25-21(28)12-14-27-22(29)19-6-2-3-7-20(19)23(27)30/h2-3,6-11,16H,4-5,12-15H2,1H3,(H,25,28). The molecule has 1 N–H and O–H groups in total. The molecule has 2 heterocycles. The number of nitrogens with one attached hydrogen (secondary N) is 1. The minimum atomic E-state index is -3.81. The number of hydrogen-bond acceptors (Lipinski definition) is 7. The summed E-state index contributed by atoms with van der Waals surface area (Å²) in [6.07, 6.45) is 1.03. The Morgan fingerprint density at radius 3 is 2.26 bits per heavy atom. The van der Waals surface area contributed by atoms with Gasteiger partial charge in [0.15, 0.2) is 0 Å². The third-order valence-electron chi connectivity index (χ3n) is 6.14. The second-order valence-corrected chi connectivity index (χ2v) is 10.3. The maximum Gasteiger partial charge on any atom is 0.309 e. The van der Waals surface area contributed by atoms with Gasteiger partial charge in [-0.05, 0) is 49.2 Å². The van der Waals surface area contributed by atoms with Gasteiger partial charge in [0.05, 0.1) is 29.1 Å². The Hall–Kier alpha value is -3.57. The first-order chi connectivity index (χ1) is 16.7. The molecule has 0 aliphatic carbocycles. The molecule has 1 saturated heterocycles. The van der Waals surface area contributed by atoms with Crippen LogP contribution in [0.25, 0.3) is 0 Å². The molecule has 1 fully saturated rings. The van der Waals surface area contributed by atoms with Crippen molar-refractivity contribution in [3.05, 3.63) is 59.7 Å². The van der Waals surface area contributed by atoms with E-state index in [1.54, 1.807) is 24.3 Å². The monoisotopic (exact) mass is 499 g/mol. The number of piperidine rings is 1. The molecule has 2 aliphatic rings. The van der Waals surface area contributed by atoms with Gasteiger partial charge in [-0.1, -0.05) is 12.1 Å². The lowest BCUT2D eigenvalue weighted by Crippen LogP contribution is -2.42. The molecule has 10 nitrogen and oxygen atoms in total. The van der Waals surface area contributed by atoms with Gasteiger partial charge >= 0.3 is 5.97 Å². The van der Waals surface area contributed by atoms with Gasteiger partial charge in [-0.3, -0.25) is 24.1 Å². The summed E-state index contributed by atoms with van der Waals surface area (Å²) in [5.41, 5.74) is 1.02. The fourth-order valence-electron chi connectivity index (χ4n) is 4.26. The number of sulfonamides is 1. The second-order valence-electron chi connectivity index (χ2n) is 8.36. The van der Waals surface area contributed by atoms with Gasteiger partial charge in [0.2, 0.25) is 15.9 Å². The third-order valence-corrected chi connectivity index (χ3v) is 8.01. The molecule has 2 aromatic carbocycles. The number of esters is 1. The van der Waals surface area contributed by atoms with E-state index in [1.807, 2.05) is 0 Å². The van der Waals surface area contributed by atoms with E-state index in [0.29, 0.717) is 36.2 Å². The number of amides is 3. The normalized spacial score (nSPS) is 18.3. The van der Waals surface area contributed by atoms with Crippen LogP contribution in [0.3, 0.4) is 0 Å². The number of rotatable bonds is 7. The van der Waals surface area contributed by atoms with Crippen LogP contribution in [0, 0.1) is 5.92 Å². The van der Waals surface area contributed by atoms with Gasteiger partial charge in [-0.2, -0.15) is 4.31 Å². The zero-order valence-corrected chi connectivity index (χ0v) is 19.9. The van der Waals surface area contributed by atoms with Crippen molar-refractivity contribution in [2.24, 2.45) is 5.92 Å². The number of carbonyl (C=O) groups excluding carboxylic acids is 4. The largest absolute Gasteiger partial charge is 0.469 e. The molecule has 2 aromatic rings. The van der Waals surface area contributed by atoms with E-state index in [2.05, 4.69) is 5.32 Å². The topological polar surface area (TPSA) is 130 Å². The Balaban J connectivity index is 1.34. The van der Waals surface area contributed by atoms with Crippen LogP contribution in [-0.4, -0.2) is 68.1 Å². The third kappa shape index (κ3) is 4.96. The molecule has 184 valence electrons. The molecule has 1 atom stereocenters. The van der Waals surface area contributed by atoms with Crippen molar-refractivity contribution in [3.63, 3.8) is 0 Å². The Morgan fingerprint density at radius 2 is 1.66 bits per heavy atom. The summed E-state index contributed by atoms with van der Waals surface area (Å²) < 4.78 is 32.0. The van der Waals surface area contributed by atoms with E-state index >= 15 is 0 Å². The Kier molecular flexibility index (Phi) is 6.99. The van der Waals surface area contributed by atoms with Crippen molar-refractivity contribution in [1.82, 2.24) is 9.21 Å². The zero-order chi connectivity index (χ0) is 25.2. The summed E-state index contributed by atoms with van der Waals surface area (Å²) >= 11 is 0. The van der Waals surface area contributed by atoms with Crippen LogP contribution in [0.15, 0.2) is 53.4 Å². The summed E-state index contributed by atoms with van der Waals surface area (Å²) in [4.78, 5) is 50.1. The van der Waals surface area contributed by atoms with Crippen LogP contribution in [0.2, 0.25) is 0 Å². The molecule has 0 saturated carbocycles. The fraction of sp³-hybridized carbons (Fsp3) is 0.333. The molecule has 1 unspecified atom stereocenters. The minimum Gasteiger partial charge on any atom is -0.469 e. The van der Waals surface area contributed by atoms with Crippen molar-refractivity contribution in [2.45, 2.75) is 24.2 Å². The van der Waals surface area contributed by atoms with Gasteiger partial charge in [-0.15, -0.1) is 0 Å². The SMILES string of the molecule is COC(=O)C1CCCN(S(=O)(=O)c2ccc(NC(=O)CCN3C(=O)c4ccccc4C3=O)cc2)C1. The maximum atomic E-state index is 13.0. The minimum absolute atomic E-state index is 0.0482. The number of carbonyl (C=O) groups is 4. The van der Waals surface area contributed by atoms with E-state index in [9.17, 15) is 27.6 Å². The molecular formula is C24H25N3O7S. The van der Waals surface area contributed by atoms with E-state index in [4.69, 9.17) is 4.74 Å². The van der Waals surface area contributed by atoms with Gasteiger partial charge in [0.1, 0.15) is 0 Å². The van der Waals surface area contributed by atoms with Gasteiger partial charge in [-0.25, -0.2) is 8.42 Å². The molecule has 0 aromatic heterocycles. The van der Waals surface area contributed by atoms with Crippen molar-refractivity contribution in [1.29, 1.82) is 0 Å². The van der Waals surface area contributed by atoms with E-state index in [1.165, 1.54) is 35.7 Å². The van der Waals surface area contributed by atoms with Gasteiger partial charge in [0.25, 0.3) is 11.8 Å². The lowest BCUT2D eigenvalue weighted by molar-refractivity contribution is -0.146. The number of fused-ring (bicyclic) bond motifs is 1. The predicted octanol–water partition coefficient (Wildman–Crippen LogP) is 1.89. The van der Waals surface area contributed by atoms with E-state index in [-0.39, 0.29) is 24.4 Å². The Bertz CT molecular complexity index is 1240. The van der Waals surface area contributed by atoms with Gasteiger partial charge < -0.3 is 10.1 Å². The summed E-state index contributed by atoms with van der Waals surface area (Å²) in [5, 5.41) is 2.65. The molecule has 3 amide bonds. The van der Waals surface area contributed by atoms with E-state index in [0.717, 1.165) is 4.90 Å². The zero-order valence-electron chi connectivity index (χ0n) is 19.1. The highest BCUT2D eigenvalue weighted by Gasteiger charge is 2.35. The van der Waals surface area contributed by atoms with Crippen LogP contribution in [0.5, 0.6) is 0 Å². The van der Waals surface area contributed by atoms with Gasteiger partial charge in [0, 0.05) is 31.7 Å². The first-order valence-electron chi connectivity index (χ1n) is 11.2. The number of benzene rings is 2. The van der Waals surface area contributed by atoms with Crippen LogP contribution in [0.1, 0.15) is 40.0 Å². The molecule has 0 spiro atoms. The molecule has 4 rings (SSSR count). The molecule has 11 heteroatoms. The number of anilines is 1. The lowest BCUT2D eigenvalue weighted by atomic mass is 10.0. The average Bonchev–Trinajstić information content (AvgIpc) is 3.12. The van der Waals surface area contributed by atoms with Crippen molar-refractivity contribution in [3.8, 4) is 0 Å². The van der Waals surface area contributed by atoms with Crippen LogP contribution in [0.4, 0.5) is 5.69 Å². The smallest absolute Gasteiger partial charge is 0.309 e. The quantitative estimate of drug-likeness (QED) is 0.455. The lowest BCUT2D eigenvalue weighted by Gasteiger charge is -2.30. The molecule has 0 radical (unpaired) electrons. The molecular weight excluding hydrogens is 474 g/mol. The van der Waals surface area contributed by atoms with Crippen molar-refractivity contribution in [2.75, 3.05) is 32.1 Å². The van der Waals surface area contributed by atoms with Crippen LogP contribution in [-0.2, 0) is 24.3 Å². The van der Waals surface area contributed by atoms with Crippen molar-refractivity contribution >= 4 is 39.4 Å². The van der Waals surface area contributed by atoms with E-state index < -0.39 is 39.6 Å². The summed E-state index contributed by atoms with van der Waals surface area (Å²) in [7, 11) is -2.53. The summed E-state index contributed by atoms with van der Waals surface area (Å²) in [6.45, 7) is 0.304. The Labute approximate surface area is 202 Å². The highest BCUT2D eigenvalue weighted by Crippen LogP contribution is 2.26. The molecule has 0 bridgehead atoms. The average molecular weight is 500 g/mol. The summed E-state index contributed by atoms with van der Waals surface area (Å²) in [5.74, 6) is -2.21. The molecule has 35 heavy (non-hydrogen) atoms. The Morgan fingerprint density at radius 1 is 1.03 bits per heavy atom. The highest BCUT2D eigenvalue weighted by molar-refractivity contribution is 7.89. The second kappa shape index (κ2) is 9.96. The van der Waals surface area contributed by atoms with Crippen LogP contribution < -0.4 is 5.32 Å². The number of methoxy groups -OCH3 is 1. The predicted molar refractivity (Wildman–Crippen MR) is 125 cm³/mol. The summed E-state index contributed by atoms with van der Waals surface area (Å²) in [6, 6.07) is 12.2. The first kappa shape index (κ1) is 24.6.